The Hall–Kier alpha value is -2.50. The second kappa shape index (κ2) is 8.47. The van der Waals surface area contributed by atoms with Crippen LogP contribution in [0.3, 0.4) is 0 Å². The van der Waals surface area contributed by atoms with E-state index >= 15 is 0 Å². The molecular weight excluding hydrogens is 388 g/mol. The summed E-state index contributed by atoms with van der Waals surface area (Å²) >= 11 is 6.55. The summed E-state index contributed by atoms with van der Waals surface area (Å²) in [6, 6.07) is 14.2. The molecule has 1 atom stereocenters. The molecule has 2 aromatic carbocycles. The molecule has 2 heterocycles. The number of pyridine rings is 1. The first-order chi connectivity index (χ1) is 14.1. The Balaban J connectivity index is 1.64. The Morgan fingerprint density at radius 1 is 1.00 bits per heavy atom. The average Bonchev–Trinajstić information content (AvgIpc) is 3.21. The van der Waals surface area contributed by atoms with Crippen LogP contribution in [0.1, 0.15) is 30.0 Å². The molecule has 0 spiro atoms. The van der Waals surface area contributed by atoms with Gasteiger partial charge in [0.15, 0.2) is 0 Å². The molecule has 4 rings (SSSR count). The van der Waals surface area contributed by atoms with Crippen LogP contribution in [0, 0.1) is 0 Å². The van der Waals surface area contributed by atoms with Gasteiger partial charge in [-0.05, 0) is 55.8 Å². The lowest BCUT2D eigenvalue weighted by Gasteiger charge is -2.27. The lowest BCUT2D eigenvalue weighted by Crippen LogP contribution is -2.23. The minimum absolute atomic E-state index is 0.252. The molecule has 1 aliphatic rings. The van der Waals surface area contributed by atoms with Crippen molar-refractivity contribution in [3.05, 3.63) is 58.7 Å². The van der Waals surface area contributed by atoms with Crippen molar-refractivity contribution in [2.75, 3.05) is 27.9 Å². The van der Waals surface area contributed by atoms with Crippen molar-refractivity contribution in [1.82, 2.24) is 9.88 Å². The molecular formula is C23H25ClN2O3. The van der Waals surface area contributed by atoms with Crippen molar-refractivity contribution in [3.63, 3.8) is 0 Å². The first-order valence-corrected chi connectivity index (χ1v) is 10.1. The number of likely N-dealkylation sites (tertiary alicyclic amines) is 1. The highest BCUT2D eigenvalue weighted by Gasteiger charge is 2.29. The van der Waals surface area contributed by atoms with Crippen LogP contribution in [0.4, 0.5) is 0 Å². The molecule has 152 valence electrons. The smallest absolute Gasteiger partial charge is 0.134 e. The summed E-state index contributed by atoms with van der Waals surface area (Å²) in [6.45, 7) is 1.74. The summed E-state index contributed by atoms with van der Waals surface area (Å²) in [4.78, 5) is 7.04. The van der Waals surface area contributed by atoms with Gasteiger partial charge in [-0.1, -0.05) is 11.6 Å². The summed E-state index contributed by atoms with van der Waals surface area (Å²) in [5.74, 6) is 2.50. The van der Waals surface area contributed by atoms with Crippen molar-refractivity contribution in [3.8, 4) is 17.2 Å². The maximum atomic E-state index is 6.55. The summed E-state index contributed by atoms with van der Waals surface area (Å²) in [5, 5.41) is 1.59. The van der Waals surface area contributed by atoms with Crippen LogP contribution >= 0.6 is 11.6 Å². The van der Waals surface area contributed by atoms with Gasteiger partial charge in [0.05, 0.1) is 26.8 Å². The molecule has 1 unspecified atom stereocenters. The highest BCUT2D eigenvalue weighted by atomic mass is 35.5. The van der Waals surface area contributed by atoms with Gasteiger partial charge >= 0.3 is 0 Å². The molecule has 1 aromatic heterocycles. The van der Waals surface area contributed by atoms with Crippen LogP contribution < -0.4 is 14.2 Å². The predicted octanol–water partition coefficient (Wildman–Crippen LogP) is 5.25. The van der Waals surface area contributed by atoms with E-state index in [0.29, 0.717) is 5.15 Å². The fourth-order valence-electron chi connectivity index (χ4n) is 4.09. The number of halogens is 1. The van der Waals surface area contributed by atoms with Gasteiger partial charge < -0.3 is 14.2 Å². The zero-order valence-corrected chi connectivity index (χ0v) is 17.7. The SMILES string of the molecule is COc1ccc(OC)c(C2CCCN2Cc2cc3ccc(OC)cc3nc2Cl)c1. The van der Waals surface area contributed by atoms with Gasteiger partial charge in [-0.15, -0.1) is 0 Å². The topological polar surface area (TPSA) is 43.8 Å². The number of aromatic nitrogens is 1. The number of ether oxygens (including phenoxy) is 3. The van der Waals surface area contributed by atoms with Crippen molar-refractivity contribution in [2.45, 2.75) is 25.4 Å². The number of hydrogen-bond acceptors (Lipinski definition) is 5. The highest BCUT2D eigenvalue weighted by Crippen LogP contribution is 2.40. The highest BCUT2D eigenvalue weighted by molar-refractivity contribution is 6.30. The zero-order chi connectivity index (χ0) is 20.4. The lowest BCUT2D eigenvalue weighted by molar-refractivity contribution is 0.242. The minimum atomic E-state index is 0.252. The van der Waals surface area contributed by atoms with E-state index in [4.69, 9.17) is 25.8 Å². The van der Waals surface area contributed by atoms with Gasteiger partial charge in [0.1, 0.15) is 22.4 Å². The van der Waals surface area contributed by atoms with Gasteiger partial charge in [-0.3, -0.25) is 4.90 Å². The van der Waals surface area contributed by atoms with Gasteiger partial charge in [0, 0.05) is 35.2 Å². The van der Waals surface area contributed by atoms with E-state index in [9.17, 15) is 0 Å². The monoisotopic (exact) mass is 412 g/mol. The van der Waals surface area contributed by atoms with E-state index in [1.807, 2.05) is 30.3 Å². The molecule has 29 heavy (non-hydrogen) atoms. The molecule has 3 aromatic rings. The summed E-state index contributed by atoms with van der Waals surface area (Å²) in [7, 11) is 5.05. The molecule has 0 radical (unpaired) electrons. The first-order valence-electron chi connectivity index (χ1n) is 9.72. The molecule has 5 nitrogen and oxygen atoms in total. The third kappa shape index (κ3) is 3.98. The van der Waals surface area contributed by atoms with Crippen LogP contribution in [0.25, 0.3) is 10.9 Å². The number of benzene rings is 2. The van der Waals surface area contributed by atoms with Crippen molar-refractivity contribution >= 4 is 22.5 Å². The van der Waals surface area contributed by atoms with E-state index in [1.54, 1.807) is 21.3 Å². The first kappa shape index (κ1) is 19.8. The van der Waals surface area contributed by atoms with Crippen molar-refractivity contribution in [2.24, 2.45) is 0 Å². The third-order valence-electron chi connectivity index (χ3n) is 5.58. The number of fused-ring (bicyclic) bond motifs is 1. The summed E-state index contributed by atoms with van der Waals surface area (Å²) < 4.78 is 16.4. The second-order valence-corrected chi connectivity index (χ2v) is 7.59. The molecule has 0 N–H and O–H groups in total. The van der Waals surface area contributed by atoms with E-state index in [0.717, 1.165) is 65.2 Å². The molecule has 0 saturated carbocycles. The maximum absolute atomic E-state index is 6.55. The fraction of sp³-hybridized carbons (Fsp3) is 0.348. The molecule has 1 aliphatic heterocycles. The van der Waals surface area contributed by atoms with Crippen LogP contribution in [-0.2, 0) is 6.54 Å². The maximum Gasteiger partial charge on any atom is 0.134 e. The number of methoxy groups -OCH3 is 3. The van der Waals surface area contributed by atoms with E-state index < -0.39 is 0 Å². The van der Waals surface area contributed by atoms with Crippen LogP contribution in [-0.4, -0.2) is 37.8 Å². The Morgan fingerprint density at radius 3 is 2.52 bits per heavy atom. The Labute approximate surface area is 176 Å². The summed E-state index contributed by atoms with van der Waals surface area (Å²) in [6.07, 6.45) is 2.19. The zero-order valence-electron chi connectivity index (χ0n) is 16.9. The Morgan fingerprint density at radius 2 is 1.76 bits per heavy atom. The van der Waals surface area contributed by atoms with Crippen LogP contribution in [0.2, 0.25) is 5.15 Å². The average molecular weight is 413 g/mol. The number of hydrogen-bond donors (Lipinski definition) is 0. The van der Waals surface area contributed by atoms with Crippen LogP contribution in [0.5, 0.6) is 17.2 Å². The molecule has 1 fully saturated rings. The summed E-state index contributed by atoms with van der Waals surface area (Å²) in [5.41, 5.74) is 3.02. The van der Waals surface area contributed by atoms with Gasteiger partial charge in [-0.2, -0.15) is 0 Å². The quantitative estimate of drug-likeness (QED) is 0.517. The standard InChI is InChI=1S/C23H25ClN2O3/c1-27-17-8-9-22(29-3)19(12-17)21-5-4-10-26(21)14-16-11-15-6-7-18(28-2)13-20(15)25-23(16)24/h6-9,11-13,21H,4-5,10,14H2,1-3H3. The number of rotatable bonds is 6. The Bertz CT molecular complexity index is 1020. The Kier molecular flexibility index (Phi) is 5.79. The fourth-order valence-corrected chi connectivity index (χ4v) is 4.30. The van der Waals surface area contributed by atoms with Gasteiger partial charge in [0.2, 0.25) is 0 Å². The van der Waals surface area contributed by atoms with E-state index in [1.165, 1.54) is 0 Å². The normalized spacial score (nSPS) is 16.9. The molecule has 0 bridgehead atoms. The molecule has 6 heteroatoms. The molecule has 0 amide bonds. The second-order valence-electron chi connectivity index (χ2n) is 7.23. The van der Waals surface area contributed by atoms with Crippen LogP contribution in [0.15, 0.2) is 42.5 Å². The van der Waals surface area contributed by atoms with E-state index in [-0.39, 0.29) is 6.04 Å². The van der Waals surface area contributed by atoms with Gasteiger partial charge in [0.25, 0.3) is 0 Å². The number of nitrogens with zero attached hydrogens (tertiary/aromatic N) is 2. The predicted molar refractivity (Wildman–Crippen MR) is 115 cm³/mol. The minimum Gasteiger partial charge on any atom is -0.497 e. The van der Waals surface area contributed by atoms with Gasteiger partial charge in [-0.25, -0.2) is 4.98 Å². The lowest BCUT2D eigenvalue weighted by atomic mass is 10.0. The van der Waals surface area contributed by atoms with Crippen molar-refractivity contribution in [1.29, 1.82) is 0 Å². The van der Waals surface area contributed by atoms with E-state index in [2.05, 4.69) is 22.0 Å². The third-order valence-corrected chi connectivity index (χ3v) is 5.91. The molecule has 1 saturated heterocycles. The molecule has 0 aliphatic carbocycles. The van der Waals surface area contributed by atoms with Crippen molar-refractivity contribution < 1.29 is 14.2 Å². The largest absolute Gasteiger partial charge is 0.497 e.